The number of hydrogen-bond acceptors (Lipinski definition) is 3. The molecule has 32 heavy (non-hydrogen) atoms. The van der Waals surface area contributed by atoms with Gasteiger partial charge in [0.1, 0.15) is 11.6 Å². The third kappa shape index (κ3) is 4.30. The molecule has 0 aliphatic rings. The molecule has 168 valence electrons. The van der Waals surface area contributed by atoms with Crippen LogP contribution in [0.4, 0.5) is 8.78 Å². The third-order valence-corrected chi connectivity index (χ3v) is 5.97. The highest BCUT2D eigenvalue weighted by Gasteiger charge is 2.37. The van der Waals surface area contributed by atoms with Gasteiger partial charge in [-0.25, -0.2) is 13.5 Å². The molecule has 0 radical (unpaired) electrons. The Labute approximate surface area is 189 Å². The van der Waals surface area contributed by atoms with E-state index in [1.165, 1.54) is 39.1 Å². The fourth-order valence-electron chi connectivity index (χ4n) is 3.90. The van der Waals surface area contributed by atoms with Crippen molar-refractivity contribution in [2.75, 3.05) is 0 Å². The van der Waals surface area contributed by atoms with Crippen LogP contribution in [0.5, 0.6) is 0 Å². The molecule has 1 aromatic heterocycles. The van der Waals surface area contributed by atoms with Crippen molar-refractivity contribution in [2.45, 2.75) is 39.0 Å². The van der Waals surface area contributed by atoms with Gasteiger partial charge in [-0.05, 0) is 69.0 Å². The molecular weight excluding hydrogens is 438 g/mol. The van der Waals surface area contributed by atoms with Crippen molar-refractivity contribution in [3.63, 3.8) is 0 Å². The molecule has 0 fully saturated rings. The van der Waals surface area contributed by atoms with Crippen LogP contribution in [0.2, 0.25) is 5.02 Å². The molecule has 0 saturated heterocycles. The van der Waals surface area contributed by atoms with Gasteiger partial charge in [0, 0.05) is 23.2 Å². The van der Waals surface area contributed by atoms with Crippen LogP contribution in [0.3, 0.4) is 0 Å². The summed E-state index contributed by atoms with van der Waals surface area (Å²) < 4.78 is 29.6. The number of aromatic nitrogens is 2. The highest BCUT2D eigenvalue weighted by atomic mass is 35.5. The molecule has 3 aromatic rings. The number of rotatable bonds is 6. The molecule has 0 spiro atoms. The van der Waals surface area contributed by atoms with E-state index in [4.69, 9.17) is 11.6 Å². The molecule has 2 aromatic carbocycles. The van der Waals surface area contributed by atoms with Crippen LogP contribution >= 0.6 is 11.6 Å². The second kappa shape index (κ2) is 8.82. The molecule has 0 saturated carbocycles. The third-order valence-electron chi connectivity index (χ3n) is 5.61. The highest BCUT2D eigenvalue weighted by molar-refractivity contribution is 6.31. The molecule has 0 amide bonds. The summed E-state index contributed by atoms with van der Waals surface area (Å²) in [6.07, 6.45) is 0.674. The van der Waals surface area contributed by atoms with Gasteiger partial charge in [-0.15, -0.1) is 0 Å². The molecule has 8 heteroatoms. The van der Waals surface area contributed by atoms with Crippen molar-refractivity contribution >= 4 is 17.6 Å². The topological polar surface area (TPSA) is 72.2 Å². The zero-order chi connectivity index (χ0) is 23.8. The van der Waals surface area contributed by atoms with Crippen LogP contribution in [0.15, 0.2) is 41.2 Å². The monoisotopic (exact) mass is 460 g/mol. The standard InChI is InChI=1S/C24H23ClF2N2O3/c1-13-21(24(2,3)23(31)32)20(22(30)29(4)28-13)19-16(17(25)11-12-18(19)27)10-7-14-5-8-15(26)9-6-14/h5-6,8-9,11-12H,7,10H2,1-4H3,(H,31,32). The zero-order valence-electron chi connectivity index (χ0n) is 18.2. The van der Waals surface area contributed by atoms with Crippen LogP contribution in [0.25, 0.3) is 11.1 Å². The first kappa shape index (κ1) is 23.6. The number of carboxylic acid groups (broad SMARTS) is 1. The van der Waals surface area contributed by atoms with Crippen LogP contribution in [0, 0.1) is 18.6 Å². The molecule has 3 rings (SSSR count). The quantitative estimate of drug-likeness (QED) is 0.571. The van der Waals surface area contributed by atoms with E-state index in [9.17, 15) is 19.1 Å². The van der Waals surface area contributed by atoms with Crippen molar-refractivity contribution in [3.8, 4) is 11.1 Å². The second-order valence-electron chi connectivity index (χ2n) is 8.20. The van der Waals surface area contributed by atoms with Gasteiger partial charge >= 0.3 is 5.97 Å². The Morgan fingerprint density at radius 1 is 1.09 bits per heavy atom. The van der Waals surface area contributed by atoms with Gasteiger partial charge in [-0.2, -0.15) is 5.10 Å². The summed E-state index contributed by atoms with van der Waals surface area (Å²) in [5.74, 6) is -2.23. The summed E-state index contributed by atoms with van der Waals surface area (Å²) >= 11 is 6.44. The van der Waals surface area contributed by atoms with E-state index < -0.39 is 22.8 Å². The highest BCUT2D eigenvalue weighted by Crippen LogP contribution is 2.38. The van der Waals surface area contributed by atoms with Gasteiger partial charge in [0.2, 0.25) is 0 Å². The molecule has 0 unspecified atom stereocenters. The Balaban J connectivity index is 2.29. The molecule has 1 heterocycles. The number of nitrogens with zero attached hydrogens (tertiary/aromatic N) is 2. The van der Waals surface area contributed by atoms with E-state index in [-0.39, 0.29) is 34.0 Å². The average molecular weight is 461 g/mol. The van der Waals surface area contributed by atoms with Gasteiger partial charge in [0.15, 0.2) is 0 Å². The summed E-state index contributed by atoms with van der Waals surface area (Å²) in [7, 11) is 1.43. The van der Waals surface area contributed by atoms with Crippen LogP contribution < -0.4 is 5.56 Å². The lowest BCUT2D eigenvalue weighted by atomic mass is 9.78. The van der Waals surface area contributed by atoms with Crippen LogP contribution in [0.1, 0.15) is 36.2 Å². The Morgan fingerprint density at radius 3 is 2.31 bits per heavy atom. The van der Waals surface area contributed by atoms with E-state index in [2.05, 4.69) is 5.10 Å². The van der Waals surface area contributed by atoms with E-state index in [0.717, 1.165) is 16.3 Å². The number of carbonyl (C=O) groups is 1. The Hall–Kier alpha value is -3.06. The zero-order valence-corrected chi connectivity index (χ0v) is 18.9. The predicted molar refractivity (Wildman–Crippen MR) is 119 cm³/mol. The van der Waals surface area contributed by atoms with Gasteiger partial charge in [-0.3, -0.25) is 9.59 Å². The van der Waals surface area contributed by atoms with Gasteiger partial charge in [0.25, 0.3) is 5.56 Å². The van der Waals surface area contributed by atoms with E-state index >= 15 is 4.39 Å². The lowest BCUT2D eigenvalue weighted by Gasteiger charge is -2.26. The van der Waals surface area contributed by atoms with Crippen molar-refractivity contribution in [2.24, 2.45) is 7.05 Å². The van der Waals surface area contributed by atoms with Gasteiger partial charge < -0.3 is 5.11 Å². The minimum atomic E-state index is -1.51. The molecule has 0 atom stereocenters. The number of carboxylic acids is 1. The first-order valence-electron chi connectivity index (χ1n) is 9.98. The van der Waals surface area contributed by atoms with Crippen LogP contribution in [-0.2, 0) is 30.1 Å². The Bertz CT molecular complexity index is 1250. The predicted octanol–water partition coefficient (Wildman–Crippen LogP) is 4.83. The van der Waals surface area contributed by atoms with Gasteiger partial charge in [-0.1, -0.05) is 23.7 Å². The fraction of sp³-hybridized carbons (Fsp3) is 0.292. The molecule has 0 aliphatic carbocycles. The largest absolute Gasteiger partial charge is 0.481 e. The summed E-state index contributed by atoms with van der Waals surface area (Å²) in [6.45, 7) is 4.48. The molecule has 5 nitrogen and oxygen atoms in total. The first-order chi connectivity index (χ1) is 14.9. The van der Waals surface area contributed by atoms with E-state index in [0.29, 0.717) is 17.7 Å². The van der Waals surface area contributed by atoms with Crippen molar-refractivity contribution in [1.29, 1.82) is 0 Å². The molecule has 0 aliphatic heterocycles. The molecule has 0 bridgehead atoms. The number of aryl methyl sites for hydroxylation is 3. The summed E-state index contributed by atoms with van der Waals surface area (Å²) in [4.78, 5) is 25.2. The SMILES string of the molecule is Cc1nn(C)c(=O)c(-c2c(F)ccc(Cl)c2CCc2ccc(F)cc2)c1C(C)(C)C(=O)O. The van der Waals surface area contributed by atoms with Crippen molar-refractivity contribution in [3.05, 3.63) is 85.8 Å². The number of halogens is 3. The Morgan fingerprint density at radius 2 is 1.72 bits per heavy atom. The van der Waals surface area contributed by atoms with E-state index in [1.807, 2.05) is 0 Å². The minimum Gasteiger partial charge on any atom is -0.481 e. The maximum Gasteiger partial charge on any atom is 0.313 e. The first-order valence-corrected chi connectivity index (χ1v) is 10.4. The fourth-order valence-corrected chi connectivity index (χ4v) is 4.15. The number of benzene rings is 2. The minimum absolute atomic E-state index is 0.0324. The van der Waals surface area contributed by atoms with E-state index in [1.54, 1.807) is 19.1 Å². The maximum atomic E-state index is 15.3. The maximum absolute atomic E-state index is 15.3. The normalized spacial score (nSPS) is 11.6. The summed E-state index contributed by atoms with van der Waals surface area (Å²) in [6, 6.07) is 8.47. The summed E-state index contributed by atoms with van der Waals surface area (Å²) in [5.41, 5.74) is -0.608. The number of aliphatic carboxylic acids is 1. The van der Waals surface area contributed by atoms with Crippen molar-refractivity contribution < 1.29 is 18.7 Å². The van der Waals surface area contributed by atoms with Gasteiger partial charge in [0.05, 0.1) is 16.7 Å². The van der Waals surface area contributed by atoms with Crippen LogP contribution in [-0.4, -0.2) is 20.9 Å². The Kier molecular flexibility index (Phi) is 6.51. The van der Waals surface area contributed by atoms with Crippen molar-refractivity contribution in [1.82, 2.24) is 9.78 Å². The second-order valence-corrected chi connectivity index (χ2v) is 8.61. The number of hydrogen-bond donors (Lipinski definition) is 1. The smallest absolute Gasteiger partial charge is 0.313 e. The summed E-state index contributed by atoms with van der Waals surface area (Å²) in [5, 5.41) is 14.2. The lowest BCUT2D eigenvalue weighted by Crippen LogP contribution is -2.35. The molecular formula is C24H23ClF2N2O3. The lowest BCUT2D eigenvalue weighted by molar-refractivity contribution is -0.142. The average Bonchev–Trinajstić information content (AvgIpc) is 2.72. The molecule has 1 N–H and O–H groups in total.